The second-order valence-electron chi connectivity index (χ2n) is 7.74. The van der Waals surface area contributed by atoms with Crippen molar-refractivity contribution in [3.05, 3.63) is 114 Å². The standard InChI is InChI=1S/C27H27N3O3/c1-30-15-14-28-26(30)25(21-16-22(32-2)18-23(17-21)33-3)29-27(31)24(19-10-6-4-7-11-19)20-12-8-5-9-13-20/h4-18,24-25H,1-3H3,(H,29,31)/t25-/m0/s1. The van der Waals surface area contributed by atoms with Gasteiger partial charge in [-0.3, -0.25) is 4.79 Å². The molecule has 3 aromatic carbocycles. The van der Waals surface area contributed by atoms with Gasteiger partial charge in [-0.25, -0.2) is 4.98 Å². The number of rotatable bonds is 8. The summed E-state index contributed by atoms with van der Waals surface area (Å²) in [7, 11) is 5.12. The first kappa shape index (κ1) is 22.1. The highest BCUT2D eigenvalue weighted by atomic mass is 16.5. The van der Waals surface area contributed by atoms with Gasteiger partial charge in [0.15, 0.2) is 0 Å². The molecule has 1 heterocycles. The fraction of sp³-hybridized carbons (Fsp3) is 0.185. The normalized spacial score (nSPS) is 11.8. The minimum Gasteiger partial charge on any atom is -0.497 e. The monoisotopic (exact) mass is 441 g/mol. The predicted molar refractivity (Wildman–Crippen MR) is 127 cm³/mol. The van der Waals surface area contributed by atoms with E-state index >= 15 is 0 Å². The molecule has 0 bridgehead atoms. The lowest BCUT2D eigenvalue weighted by Gasteiger charge is -2.24. The van der Waals surface area contributed by atoms with Gasteiger partial charge in [0.25, 0.3) is 0 Å². The van der Waals surface area contributed by atoms with Crippen molar-refractivity contribution in [2.24, 2.45) is 7.05 Å². The van der Waals surface area contributed by atoms with E-state index in [2.05, 4.69) is 10.3 Å². The summed E-state index contributed by atoms with van der Waals surface area (Å²) in [6.07, 6.45) is 3.58. The zero-order chi connectivity index (χ0) is 23.2. The van der Waals surface area contributed by atoms with Crippen molar-refractivity contribution in [2.45, 2.75) is 12.0 Å². The van der Waals surface area contributed by atoms with Crippen LogP contribution in [0.1, 0.15) is 34.5 Å². The molecule has 0 spiro atoms. The summed E-state index contributed by atoms with van der Waals surface area (Å²) in [5, 5.41) is 3.24. The number of benzene rings is 3. The SMILES string of the molecule is COc1cc(OC)cc([C@H](NC(=O)C(c2ccccc2)c2ccccc2)c2nccn2C)c1. The number of imidazole rings is 1. The first-order valence-electron chi connectivity index (χ1n) is 10.7. The van der Waals surface area contributed by atoms with Gasteiger partial charge in [-0.2, -0.15) is 0 Å². The summed E-state index contributed by atoms with van der Waals surface area (Å²) in [6, 6.07) is 24.7. The van der Waals surface area contributed by atoms with E-state index in [-0.39, 0.29) is 5.91 Å². The first-order valence-corrected chi connectivity index (χ1v) is 10.7. The number of carbonyl (C=O) groups excluding carboxylic acids is 1. The van der Waals surface area contributed by atoms with Crippen LogP contribution in [0.25, 0.3) is 0 Å². The maximum atomic E-state index is 13.8. The van der Waals surface area contributed by atoms with Gasteiger partial charge in [-0.15, -0.1) is 0 Å². The van der Waals surface area contributed by atoms with Gasteiger partial charge in [0, 0.05) is 25.5 Å². The number of nitrogens with one attached hydrogen (secondary N) is 1. The predicted octanol–water partition coefficient (Wildman–Crippen LogP) is 4.48. The lowest BCUT2D eigenvalue weighted by Crippen LogP contribution is -2.35. The summed E-state index contributed by atoms with van der Waals surface area (Å²) in [6.45, 7) is 0. The van der Waals surface area contributed by atoms with Crippen LogP contribution in [0.15, 0.2) is 91.3 Å². The molecule has 1 atom stereocenters. The molecule has 33 heavy (non-hydrogen) atoms. The van der Waals surface area contributed by atoms with Gasteiger partial charge < -0.3 is 19.4 Å². The molecule has 0 fully saturated rings. The van der Waals surface area contributed by atoms with Crippen LogP contribution < -0.4 is 14.8 Å². The van der Waals surface area contributed by atoms with Crippen molar-refractivity contribution in [3.63, 3.8) is 0 Å². The fourth-order valence-electron chi connectivity index (χ4n) is 3.96. The molecular weight excluding hydrogens is 414 g/mol. The molecule has 1 aromatic heterocycles. The number of ether oxygens (including phenoxy) is 2. The van der Waals surface area contributed by atoms with Crippen LogP contribution in [-0.4, -0.2) is 29.7 Å². The van der Waals surface area contributed by atoms with Gasteiger partial charge in [-0.05, 0) is 28.8 Å². The third kappa shape index (κ3) is 4.90. The number of amides is 1. The van der Waals surface area contributed by atoms with Crippen LogP contribution in [0.3, 0.4) is 0 Å². The van der Waals surface area contributed by atoms with Crippen molar-refractivity contribution in [1.82, 2.24) is 14.9 Å². The molecule has 0 unspecified atom stereocenters. The Balaban J connectivity index is 1.77. The Morgan fingerprint density at radius 2 is 1.39 bits per heavy atom. The molecule has 0 aliphatic carbocycles. The van der Waals surface area contributed by atoms with Crippen LogP contribution >= 0.6 is 0 Å². The highest BCUT2D eigenvalue weighted by molar-refractivity contribution is 5.87. The zero-order valence-corrected chi connectivity index (χ0v) is 18.9. The van der Waals surface area contributed by atoms with E-state index < -0.39 is 12.0 Å². The van der Waals surface area contributed by atoms with Gasteiger partial charge in [0.2, 0.25) is 5.91 Å². The second-order valence-corrected chi connectivity index (χ2v) is 7.74. The van der Waals surface area contributed by atoms with Crippen LogP contribution in [0.4, 0.5) is 0 Å². The maximum absolute atomic E-state index is 13.8. The van der Waals surface area contributed by atoms with Gasteiger partial charge in [0.05, 0.1) is 20.1 Å². The highest BCUT2D eigenvalue weighted by Gasteiger charge is 2.28. The van der Waals surface area contributed by atoms with E-state index in [1.807, 2.05) is 90.6 Å². The smallest absolute Gasteiger partial charge is 0.232 e. The minimum absolute atomic E-state index is 0.123. The van der Waals surface area contributed by atoms with E-state index in [1.165, 1.54) is 0 Å². The number of aromatic nitrogens is 2. The summed E-state index contributed by atoms with van der Waals surface area (Å²) < 4.78 is 12.8. The quantitative estimate of drug-likeness (QED) is 0.438. The number of nitrogens with zero attached hydrogens (tertiary/aromatic N) is 2. The third-order valence-electron chi connectivity index (χ3n) is 5.64. The second kappa shape index (κ2) is 10.0. The molecule has 0 saturated heterocycles. The molecule has 1 amide bonds. The van der Waals surface area contributed by atoms with Crippen molar-refractivity contribution < 1.29 is 14.3 Å². The Bertz CT molecular complexity index is 1140. The molecule has 4 aromatic rings. The van der Waals surface area contributed by atoms with Gasteiger partial charge in [-0.1, -0.05) is 60.7 Å². The highest BCUT2D eigenvalue weighted by Crippen LogP contribution is 2.31. The molecule has 168 valence electrons. The molecule has 6 heteroatoms. The number of carbonyl (C=O) groups is 1. The van der Waals surface area contributed by atoms with Crippen molar-refractivity contribution in [1.29, 1.82) is 0 Å². The molecule has 0 aliphatic rings. The van der Waals surface area contributed by atoms with E-state index in [0.29, 0.717) is 17.3 Å². The first-order chi connectivity index (χ1) is 16.1. The Morgan fingerprint density at radius 1 is 0.848 bits per heavy atom. The molecule has 0 radical (unpaired) electrons. The number of hydrogen-bond acceptors (Lipinski definition) is 4. The lowest BCUT2D eigenvalue weighted by atomic mass is 9.90. The zero-order valence-electron chi connectivity index (χ0n) is 18.9. The van der Waals surface area contributed by atoms with E-state index in [4.69, 9.17) is 9.47 Å². The van der Waals surface area contributed by atoms with Gasteiger partial charge in [0.1, 0.15) is 23.4 Å². The Labute approximate surface area is 193 Å². The topological polar surface area (TPSA) is 65.4 Å². The number of aryl methyl sites for hydroxylation is 1. The van der Waals surface area contributed by atoms with Crippen LogP contribution in [-0.2, 0) is 11.8 Å². The van der Waals surface area contributed by atoms with E-state index in [0.717, 1.165) is 16.7 Å². The van der Waals surface area contributed by atoms with Crippen LogP contribution in [0, 0.1) is 0 Å². The molecule has 1 N–H and O–H groups in total. The molecule has 4 rings (SSSR count). The molecule has 6 nitrogen and oxygen atoms in total. The summed E-state index contributed by atoms with van der Waals surface area (Å²) in [4.78, 5) is 18.4. The van der Waals surface area contributed by atoms with Gasteiger partial charge >= 0.3 is 0 Å². The van der Waals surface area contributed by atoms with Crippen molar-refractivity contribution in [2.75, 3.05) is 14.2 Å². The molecule has 0 saturated carbocycles. The van der Waals surface area contributed by atoms with Crippen LogP contribution in [0.5, 0.6) is 11.5 Å². The maximum Gasteiger partial charge on any atom is 0.232 e. The van der Waals surface area contributed by atoms with Crippen molar-refractivity contribution in [3.8, 4) is 11.5 Å². The fourth-order valence-corrected chi connectivity index (χ4v) is 3.96. The van der Waals surface area contributed by atoms with Crippen molar-refractivity contribution >= 4 is 5.91 Å². The molecular formula is C27H27N3O3. The average molecular weight is 442 g/mol. The number of hydrogen-bond donors (Lipinski definition) is 1. The lowest BCUT2D eigenvalue weighted by molar-refractivity contribution is -0.122. The Morgan fingerprint density at radius 3 is 1.85 bits per heavy atom. The van der Waals surface area contributed by atoms with Crippen LogP contribution in [0.2, 0.25) is 0 Å². The minimum atomic E-state index is -0.503. The summed E-state index contributed by atoms with van der Waals surface area (Å²) in [5.41, 5.74) is 2.65. The average Bonchev–Trinajstić information content (AvgIpc) is 3.29. The number of methoxy groups -OCH3 is 2. The third-order valence-corrected chi connectivity index (χ3v) is 5.64. The summed E-state index contributed by atoms with van der Waals surface area (Å²) in [5.74, 6) is 1.39. The summed E-state index contributed by atoms with van der Waals surface area (Å²) >= 11 is 0. The van der Waals surface area contributed by atoms with E-state index in [9.17, 15) is 4.79 Å². The van der Waals surface area contributed by atoms with E-state index in [1.54, 1.807) is 26.5 Å². The Hall–Kier alpha value is -4.06. The molecule has 0 aliphatic heterocycles. The largest absolute Gasteiger partial charge is 0.497 e. The Kier molecular flexibility index (Phi) is 6.74.